The van der Waals surface area contributed by atoms with Crippen molar-refractivity contribution in [1.29, 1.82) is 0 Å². The number of thioether (sulfide) groups is 2. The molecule has 2 aliphatic rings. The van der Waals surface area contributed by atoms with Gasteiger partial charge in [0.05, 0.1) is 24.3 Å². The summed E-state index contributed by atoms with van der Waals surface area (Å²) in [5.41, 5.74) is 6.29. The molecule has 5 N–H and O–H groups in total. The Kier molecular flexibility index (Phi) is 11.7. The zero-order chi connectivity index (χ0) is 34.9. The first-order valence-electron chi connectivity index (χ1n) is 14.2. The molecule has 0 aromatic carbocycles. The van der Waals surface area contributed by atoms with Crippen molar-refractivity contribution in [1.82, 2.24) is 39.1 Å². The smallest absolute Gasteiger partial charge is 0.478 e. The number of hydrogen-bond donors (Lipinski definition) is 4. The maximum Gasteiger partial charge on any atom is 1.00 e. The number of nitrogens with one attached hydrogen (secondary N) is 1. The van der Waals surface area contributed by atoms with Crippen molar-refractivity contribution < 1.29 is 63.8 Å². The Hall–Kier alpha value is -3.86. The average molecular weight is 766 g/mol. The van der Waals surface area contributed by atoms with Gasteiger partial charge in [0, 0.05) is 52.6 Å². The van der Waals surface area contributed by atoms with E-state index >= 15 is 0 Å². The van der Waals surface area contributed by atoms with Gasteiger partial charge in [0.2, 0.25) is 17.1 Å². The number of hydrogen-bond acceptors (Lipinski definition) is 16. The Bertz CT molecular complexity index is 2000. The molecule has 4 aromatic rings. The number of rotatable bonds is 13. The largest absolute Gasteiger partial charge is 1.00 e. The average Bonchev–Trinajstić information content (AvgIpc) is 3.84. The number of nitrogen functional groups attached to an aromatic ring is 1. The molecule has 50 heavy (non-hydrogen) atoms. The molecule has 22 heteroatoms. The number of oxime groups is 1. The summed E-state index contributed by atoms with van der Waals surface area (Å²) in [6, 6.07) is 2.68. The minimum atomic E-state index is -1.80. The quantitative estimate of drug-likeness (QED) is 0.0420. The van der Waals surface area contributed by atoms with Crippen LogP contribution in [0.2, 0.25) is 0 Å². The number of carboxylic acid groups (broad SMARTS) is 2. The van der Waals surface area contributed by atoms with Crippen LogP contribution in [0.5, 0.6) is 0 Å². The first-order chi connectivity index (χ1) is 23.4. The van der Waals surface area contributed by atoms with Crippen molar-refractivity contribution in [3.8, 4) is 11.3 Å². The number of aromatic nitrogens is 6. The number of β-lactam (4-membered cyclic amide) rings is 1. The third kappa shape index (κ3) is 8.03. The molecule has 1 fully saturated rings. The molecule has 4 aromatic heterocycles. The molecule has 0 unspecified atom stereocenters. The third-order valence-electron chi connectivity index (χ3n) is 7.12. The molecule has 0 bridgehead atoms. The van der Waals surface area contributed by atoms with Crippen molar-refractivity contribution in [2.75, 3.05) is 17.2 Å². The number of nitrogens with zero attached hydrogens (tertiary/aromatic N) is 8. The molecule has 2 aliphatic heterocycles. The Morgan fingerprint density at radius 3 is 2.74 bits per heavy atom. The molecule has 1 saturated heterocycles. The summed E-state index contributed by atoms with van der Waals surface area (Å²) in [4.78, 5) is 73.8. The number of amides is 2. The monoisotopic (exact) mass is 765 g/mol. The molecule has 17 nitrogen and oxygen atoms in total. The number of thiazole rings is 1. The second kappa shape index (κ2) is 15.6. The number of carbonyl (C=O) groups excluding carboxylic acids is 2. The molecule has 2 atom stereocenters. The van der Waals surface area contributed by atoms with Gasteiger partial charge in [-0.1, -0.05) is 16.9 Å². The van der Waals surface area contributed by atoms with Crippen LogP contribution in [-0.2, 0) is 30.6 Å². The molecule has 254 valence electrons. The van der Waals surface area contributed by atoms with E-state index in [9.17, 15) is 29.4 Å². The second-order valence-electron chi connectivity index (χ2n) is 11.0. The van der Waals surface area contributed by atoms with Gasteiger partial charge in [-0.2, -0.15) is 9.36 Å². The van der Waals surface area contributed by atoms with Gasteiger partial charge >= 0.3 is 41.5 Å². The van der Waals surface area contributed by atoms with E-state index in [1.54, 1.807) is 18.7 Å². The number of imidazole rings is 1. The third-order valence-corrected chi connectivity index (χ3v) is 11.2. The number of carbonyl (C=O) groups is 4. The summed E-state index contributed by atoms with van der Waals surface area (Å²) in [5.74, 6) is -3.81. The van der Waals surface area contributed by atoms with Crippen LogP contribution >= 0.6 is 46.4 Å². The fourth-order valence-corrected chi connectivity index (χ4v) is 8.35. The molecule has 0 spiro atoms. The number of nitrogens with two attached hydrogens (primary N) is 1. The van der Waals surface area contributed by atoms with Gasteiger partial charge < -0.3 is 30.7 Å². The van der Waals surface area contributed by atoms with Crippen molar-refractivity contribution in [2.24, 2.45) is 5.16 Å². The van der Waals surface area contributed by atoms with Gasteiger partial charge in [0.15, 0.2) is 9.47 Å². The molecule has 0 radical (unpaired) electrons. The zero-order valence-electron chi connectivity index (χ0n) is 26.5. The van der Waals surface area contributed by atoms with E-state index in [1.807, 2.05) is 28.3 Å². The van der Waals surface area contributed by atoms with Crippen LogP contribution in [0.4, 0.5) is 5.13 Å². The number of aliphatic carboxylic acids is 2. The van der Waals surface area contributed by atoms with E-state index in [4.69, 9.17) is 10.6 Å². The second-order valence-corrected chi connectivity index (χ2v) is 15.0. The molecule has 6 rings (SSSR count). The van der Waals surface area contributed by atoms with Gasteiger partial charge in [-0.05, 0) is 31.6 Å². The Morgan fingerprint density at radius 2 is 2.06 bits per heavy atom. The Labute approximate surface area is 322 Å². The standard InChI is InChI=1S/C28H26N10O7S4.Na/c1-28(2,25(43)44)45-35-17(20-34-26(29)49-36-20)21(39)33-18-22(40)38-19(24(41)42)14(9-46-23(18)38)10-47-27-32-15(11-48-27)7-37-8-16(31-12-37)13-4-3-5-30-6-13;/h3-6,8,11-12,18,23H,7,9-10H2,1-2H3,(H,33,39)(H,41,42)(H,43,44)(H2,29,34,36);/q;+1/b35-17-;/t18-,23-;/m1./s1. The molecule has 6 heterocycles. The molecule has 0 saturated carbocycles. The zero-order valence-corrected chi connectivity index (χ0v) is 31.8. The van der Waals surface area contributed by atoms with Crippen LogP contribution in [-0.4, -0.2) is 102 Å². The van der Waals surface area contributed by atoms with Gasteiger partial charge in [-0.3, -0.25) is 19.5 Å². The maximum atomic E-state index is 13.3. The van der Waals surface area contributed by atoms with Crippen molar-refractivity contribution in [2.45, 2.75) is 41.7 Å². The van der Waals surface area contributed by atoms with Gasteiger partial charge in [0.1, 0.15) is 17.1 Å². The fourth-order valence-electron chi connectivity index (χ4n) is 4.59. The maximum absolute atomic E-state index is 13.3. The summed E-state index contributed by atoms with van der Waals surface area (Å²) in [6.45, 7) is 2.96. The van der Waals surface area contributed by atoms with E-state index in [-0.39, 0.29) is 52.0 Å². The summed E-state index contributed by atoms with van der Waals surface area (Å²) in [5, 5.41) is 26.9. The Morgan fingerprint density at radius 1 is 1.26 bits per heavy atom. The first-order valence-corrected chi connectivity index (χ1v) is 17.9. The van der Waals surface area contributed by atoms with Crippen LogP contribution in [0.1, 0.15) is 25.4 Å². The molecule has 2 amide bonds. The van der Waals surface area contributed by atoms with Crippen molar-refractivity contribution in [3.63, 3.8) is 0 Å². The van der Waals surface area contributed by atoms with E-state index in [0.29, 0.717) is 17.9 Å². The molecule has 0 aliphatic carbocycles. The molecular weight excluding hydrogens is 740 g/mol. The minimum Gasteiger partial charge on any atom is -0.478 e. The predicted molar refractivity (Wildman–Crippen MR) is 181 cm³/mol. The van der Waals surface area contributed by atoms with E-state index in [1.165, 1.54) is 48.7 Å². The summed E-state index contributed by atoms with van der Waals surface area (Å²) < 4.78 is 6.60. The summed E-state index contributed by atoms with van der Waals surface area (Å²) in [7, 11) is 0. The van der Waals surface area contributed by atoms with Gasteiger partial charge in [0.25, 0.3) is 11.8 Å². The Balaban J connectivity index is 0.00000486. The van der Waals surface area contributed by atoms with E-state index in [0.717, 1.165) is 37.7 Å². The minimum absolute atomic E-state index is 0. The molecular formula is C28H26N10NaO7S4+. The van der Waals surface area contributed by atoms with E-state index < -0.39 is 46.5 Å². The van der Waals surface area contributed by atoms with Crippen LogP contribution in [0, 0.1) is 0 Å². The van der Waals surface area contributed by atoms with Crippen LogP contribution in [0.25, 0.3) is 11.3 Å². The first kappa shape index (κ1) is 37.4. The van der Waals surface area contributed by atoms with Gasteiger partial charge in [-0.25, -0.2) is 19.6 Å². The van der Waals surface area contributed by atoms with Crippen molar-refractivity contribution >= 4 is 81.0 Å². The number of anilines is 1. The van der Waals surface area contributed by atoms with Crippen LogP contribution in [0.3, 0.4) is 0 Å². The number of carboxylic acids is 2. The van der Waals surface area contributed by atoms with Gasteiger partial charge in [-0.15, -0.1) is 23.1 Å². The predicted octanol–water partition coefficient (Wildman–Crippen LogP) is -0.998. The van der Waals surface area contributed by atoms with Crippen LogP contribution < -0.4 is 40.6 Å². The van der Waals surface area contributed by atoms with Crippen molar-refractivity contribution in [3.05, 3.63) is 65.2 Å². The summed E-state index contributed by atoms with van der Waals surface area (Å²) in [6.07, 6.45) is 7.08. The van der Waals surface area contributed by atoms with Crippen LogP contribution in [0.15, 0.2) is 63.2 Å². The summed E-state index contributed by atoms with van der Waals surface area (Å²) >= 11 is 4.88. The normalized spacial score (nSPS) is 17.4. The van der Waals surface area contributed by atoms with E-state index in [2.05, 4.69) is 34.8 Å². The number of fused-ring (bicyclic) bond motifs is 1. The topological polar surface area (TPSA) is 241 Å². The SMILES string of the molecule is CC(C)(O/N=C(\C(=O)N[C@@H]1C(=O)N2C(C(=O)O)=C(CSc3nc(Cn4cnc(-c5cccnc5)c4)cs3)CS[C@H]12)c1nsc(N)n1)C(=O)O.[Na+]. The fraction of sp³-hybridized carbons (Fsp3) is 0.286. The number of pyridine rings is 1.